The molecule has 0 bridgehead atoms. The lowest BCUT2D eigenvalue weighted by Gasteiger charge is -2.38. The highest BCUT2D eigenvalue weighted by molar-refractivity contribution is 6.39. The molecule has 152 valence electrons. The second-order valence-electron chi connectivity index (χ2n) is 7.26. The molecule has 0 aromatic heterocycles. The van der Waals surface area contributed by atoms with Gasteiger partial charge in [0, 0.05) is 0 Å². The lowest BCUT2D eigenvalue weighted by Crippen LogP contribution is -2.68. The summed E-state index contributed by atoms with van der Waals surface area (Å²) in [7, 11) is 0. The molecule has 2 aliphatic heterocycles. The van der Waals surface area contributed by atoms with Gasteiger partial charge in [0.25, 0.3) is 17.7 Å². The molecule has 2 heterocycles. The number of carbonyl (C=O) groups is 5. The number of urea groups is 1. The number of imide groups is 3. The maximum atomic E-state index is 13.3. The van der Waals surface area contributed by atoms with Crippen molar-refractivity contribution in [2.75, 3.05) is 9.80 Å². The topological polar surface area (TPSA) is 104 Å². The van der Waals surface area contributed by atoms with E-state index in [0.717, 1.165) is 9.80 Å². The second kappa shape index (κ2) is 6.80. The maximum Gasteiger partial charge on any atom is 0.418 e. The normalized spacial score (nSPS) is 19.5. The summed E-state index contributed by atoms with van der Waals surface area (Å²) in [6, 6.07) is 13.1. The molecule has 6 amide bonds. The van der Waals surface area contributed by atoms with Crippen molar-refractivity contribution in [3.8, 4) is 0 Å². The van der Waals surface area contributed by atoms with Crippen molar-refractivity contribution < 1.29 is 28.7 Å². The van der Waals surface area contributed by atoms with Crippen molar-refractivity contribution in [1.82, 2.24) is 4.90 Å². The molecule has 9 nitrogen and oxygen atoms in total. The lowest BCUT2D eigenvalue weighted by atomic mass is 10.0. The number of benzene rings is 2. The van der Waals surface area contributed by atoms with Gasteiger partial charge in [0.05, 0.1) is 11.4 Å². The summed E-state index contributed by atoms with van der Waals surface area (Å²) < 4.78 is 5.04. The monoisotopic (exact) mass is 407 g/mol. The summed E-state index contributed by atoms with van der Waals surface area (Å²) in [5.74, 6) is -2.85. The number of nitrogens with zero attached hydrogens (tertiary/aromatic N) is 3. The number of cyclic esters (lactones) is 1. The third kappa shape index (κ3) is 2.83. The molecular formula is C21H17N3O6. The first kappa shape index (κ1) is 19.3. The van der Waals surface area contributed by atoms with Crippen molar-refractivity contribution >= 4 is 41.2 Å². The van der Waals surface area contributed by atoms with Crippen LogP contribution in [0, 0.1) is 0 Å². The zero-order chi connectivity index (χ0) is 21.6. The van der Waals surface area contributed by atoms with E-state index in [1.807, 2.05) is 0 Å². The Balaban J connectivity index is 1.86. The molecule has 2 aromatic rings. The molecule has 30 heavy (non-hydrogen) atoms. The van der Waals surface area contributed by atoms with Crippen LogP contribution in [0.4, 0.5) is 21.0 Å². The summed E-state index contributed by atoms with van der Waals surface area (Å²) in [5, 5.41) is 0. The minimum Gasteiger partial charge on any atom is -0.433 e. The highest BCUT2D eigenvalue weighted by Gasteiger charge is 2.59. The van der Waals surface area contributed by atoms with Crippen LogP contribution in [0.15, 0.2) is 60.7 Å². The quantitative estimate of drug-likeness (QED) is 0.723. The van der Waals surface area contributed by atoms with Crippen molar-refractivity contribution in [2.24, 2.45) is 0 Å². The van der Waals surface area contributed by atoms with Crippen molar-refractivity contribution in [1.29, 1.82) is 0 Å². The SMILES string of the molecule is CC1(C)OC(=O)N(C2C(=O)N(c3ccccc3)C(=O)N(c3ccccc3)C2=O)C1=O. The van der Waals surface area contributed by atoms with Gasteiger partial charge in [-0.3, -0.25) is 14.4 Å². The Labute approximate surface area is 171 Å². The molecule has 2 fully saturated rings. The second-order valence-corrected chi connectivity index (χ2v) is 7.26. The first-order valence-corrected chi connectivity index (χ1v) is 9.12. The van der Waals surface area contributed by atoms with E-state index in [9.17, 15) is 24.0 Å². The molecule has 0 saturated carbocycles. The Morgan fingerprint density at radius 3 is 1.53 bits per heavy atom. The Morgan fingerprint density at radius 1 is 0.733 bits per heavy atom. The molecular weight excluding hydrogens is 390 g/mol. The Morgan fingerprint density at radius 2 is 1.17 bits per heavy atom. The van der Waals surface area contributed by atoms with Gasteiger partial charge < -0.3 is 4.74 Å². The molecule has 0 spiro atoms. The van der Waals surface area contributed by atoms with Gasteiger partial charge in [0.15, 0.2) is 5.60 Å². The predicted molar refractivity (Wildman–Crippen MR) is 104 cm³/mol. The van der Waals surface area contributed by atoms with E-state index in [0.29, 0.717) is 4.90 Å². The van der Waals surface area contributed by atoms with Crippen molar-refractivity contribution in [2.45, 2.75) is 25.5 Å². The number of barbiturate groups is 1. The van der Waals surface area contributed by atoms with Crippen LogP contribution in [0.25, 0.3) is 0 Å². The zero-order valence-electron chi connectivity index (χ0n) is 16.1. The summed E-state index contributed by atoms with van der Waals surface area (Å²) in [6.45, 7) is 2.72. The largest absolute Gasteiger partial charge is 0.433 e. The van der Waals surface area contributed by atoms with Gasteiger partial charge in [-0.25, -0.2) is 24.3 Å². The summed E-state index contributed by atoms with van der Waals surface area (Å²) in [6.07, 6.45) is -1.12. The molecule has 0 atom stereocenters. The van der Waals surface area contributed by atoms with E-state index in [1.54, 1.807) is 36.4 Å². The standard InChI is InChI=1S/C21H17N3O6/c1-21(2)18(27)24(20(29)30-21)15-16(25)22(13-9-5-3-6-10-13)19(28)23(17(15)26)14-11-7-4-8-12-14/h3-12,15H,1-2H3. The van der Waals surface area contributed by atoms with Crippen LogP contribution in [-0.4, -0.2) is 46.4 Å². The maximum absolute atomic E-state index is 13.3. The Kier molecular flexibility index (Phi) is 4.38. The summed E-state index contributed by atoms with van der Waals surface area (Å²) >= 11 is 0. The van der Waals surface area contributed by atoms with E-state index in [2.05, 4.69) is 0 Å². The van der Waals surface area contributed by atoms with Crippen molar-refractivity contribution in [3.63, 3.8) is 0 Å². The molecule has 0 aliphatic carbocycles. The first-order chi connectivity index (χ1) is 14.2. The summed E-state index contributed by atoms with van der Waals surface area (Å²) in [5.41, 5.74) is -1.13. The Bertz CT molecular complexity index is 1010. The van der Waals surface area contributed by atoms with E-state index >= 15 is 0 Å². The van der Waals surface area contributed by atoms with Crippen LogP contribution in [0.1, 0.15) is 13.8 Å². The number of hydrogen-bond acceptors (Lipinski definition) is 6. The van der Waals surface area contributed by atoms with Gasteiger partial charge in [-0.1, -0.05) is 36.4 Å². The molecule has 0 unspecified atom stereocenters. The molecule has 2 aliphatic rings. The van der Waals surface area contributed by atoms with Crippen LogP contribution < -0.4 is 9.80 Å². The molecule has 2 saturated heterocycles. The number of carbonyl (C=O) groups excluding carboxylic acids is 5. The van der Waals surface area contributed by atoms with Crippen LogP contribution in [0.5, 0.6) is 0 Å². The zero-order valence-corrected chi connectivity index (χ0v) is 16.1. The Hall–Kier alpha value is -4.01. The van der Waals surface area contributed by atoms with Gasteiger partial charge in [-0.2, -0.15) is 0 Å². The lowest BCUT2D eigenvalue weighted by molar-refractivity contribution is -0.143. The molecule has 9 heteroatoms. The highest BCUT2D eigenvalue weighted by atomic mass is 16.6. The van der Waals surface area contributed by atoms with Gasteiger partial charge in [-0.05, 0) is 38.1 Å². The van der Waals surface area contributed by atoms with Crippen LogP contribution in [-0.2, 0) is 19.1 Å². The van der Waals surface area contributed by atoms with E-state index in [4.69, 9.17) is 4.74 Å². The fourth-order valence-corrected chi connectivity index (χ4v) is 3.40. The average Bonchev–Trinajstić information content (AvgIpc) is 2.91. The number of amides is 6. The minimum absolute atomic E-state index is 0.199. The third-order valence-electron chi connectivity index (χ3n) is 4.85. The number of ether oxygens (including phenoxy) is 1. The smallest absolute Gasteiger partial charge is 0.418 e. The third-order valence-corrected chi connectivity index (χ3v) is 4.85. The van der Waals surface area contributed by atoms with Gasteiger partial charge in [0.2, 0.25) is 6.04 Å². The molecule has 0 radical (unpaired) electrons. The molecule has 2 aromatic carbocycles. The number of rotatable bonds is 3. The highest BCUT2D eigenvalue weighted by Crippen LogP contribution is 2.32. The van der Waals surface area contributed by atoms with Crippen molar-refractivity contribution in [3.05, 3.63) is 60.7 Å². The van der Waals surface area contributed by atoms with Crippen LogP contribution in [0.2, 0.25) is 0 Å². The molecule has 0 N–H and O–H groups in total. The average molecular weight is 407 g/mol. The van der Waals surface area contributed by atoms with Gasteiger partial charge >= 0.3 is 12.1 Å². The fourth-order valence-electron chi connectivity index (χ4n) is 3.40. The number of para-hydroxylation sites is 2. The summed E-state index contributed by atoms with van der Waals surface area (Å²) in [4.78, 5) is 66.9. The van der Waals surface area contributed by atoms with E-state index in [-0.39, 0.29) is 11.4 Å². The van der Waals surface area contributed by atoms with Gasteiger partial charge in [0.1, 0.15) is 0 Å². The predicted octanol–water partition coefficient (Wildman–Crippen LogP) is 2.31. The van der Waals surface area contributed by atoms with E-state index in [1.165, 1.54) is 38.1 Å². The van der Waals surface area contributed by atoms with Gasteiger partial charge in [-0.15, -0.1) is 0 Å². The molecule has 4 rings (SSSR count). The number of anilines is 2. The minimum atomic E-state index is -1.87. The first-order valence-electron chi connectivity index (χ1n) is 9.12. The number of hydrogen-bond donors (Lipinski definition) is 0. The van der Waals surface area contributed by atoms with Crippen LogP contribution >= 0.6 is 0 Å². The van der Waals surface area contributed by atoms with E-state index < -0.39 is 41.5 Å². The van der Waals surface area contributed by atoms with Crippen LogP contribution in [0.3, 0.4) is 0 Å². The fraction of sp³-hybridized carbons (Fsp3) is 0.190.